The maximum Gasteiger partial charge on any atom is 0.197 e. The van der Waals surface area contributed by atoms with Crippen molar-refractivity contribution in [2.75, 3.05) is 0 Å². The first-order valence-corrected chi connectivity index (χ1v) is 8.65. The number of aliphatic hydroxyl groups excluding tert-OH is 2. The minimum absolute atomic E-state index is 0.0448. The van der Waals surface area contributed by atoms with E-state index >= 15 is 0 Å². The summed E-state index contributed by atoms with van der Waals surface area (Å²) in [5, 5.41) is 20.5. The zero-order valence-corrected chi connectivity index (χ0v) is 12.8. The Bertz CT molecular complexity index is 509. The van der Waals surface area contributed by atoms with Gasteiger partial charge in [-0.1, -0.05) is 6.92 Å². The number of ketones is 1. The van der Waals surface area contributed by atoms with Crippen molar-refractivity contribution in [2.45, 2.75) is 64.4 Å². The van der Waals surface area contributed by atoms with Crippen LogP contribution in [0.15, 0.2) is 11.3 Å². The Labute approximate surface area is 126 Å². The summed E-state index contributed by atoms with van der Waals surface area (Å²) in [7, 11) is 0. The van der Waals surface area contributed by atoms with Crippen LogP contribution in [-0.2, 0) is 4.79 Å². The Morgan fingerprint density at radius 2 is 1.86 bits per heavy atom. The molecule has 2 N–H and O–H groups in total. The first-order valence-electron chi connectivity index (χ1n) is 8.65. The number of carbonyl (C=O) groups excluding carboxylic acids is 1. The van der Waals surface area contributed by atoms with E-state index in [4.69, 9.17) is 0 Å². The maximum absolute atomic E-state index is 11.7. The van der Waals surface area contributed by atoms with Crippen molar-refractivity contribution in [2.24, 2.45) is 29.1 Å². The van der Waals surface area contributed by atoms with Crippen LogP contribution in [0.4, 0.5) is 0 Å². The molecular weight excluding hydrogens is 264 g/mol. The van der Waals surface area contributed by atoms with E-state index in [1.807, 2.05) is 0 Å². The lowest BCUT2D eigenvalue weighted by Crippen LogP contribution is -2.47. The van der Waals surface area contributed by atoms with Crippen LogP contribution in [0.1, 0.15) is 58.3 Å². The van der Waals surface area contributed by atoms with Gasteiger partial charge in [0, 0.05) is 6.42 Å². The highest BCUT2D eigenvalue weighted by molar-refractivity contribution is 5.94. The van der Waals surface area contributed by atoms with E-state index in [9.17, 15) is 15.0 Å². The van der Waals surface area contributed by atoms with Gasteiger partial charge in [-0.2, -0.15) is 0 Å². The van der Waals surface area contributed by atoms with Gasteiger partial charge in [0.2, 0.25) is 0 Å². The summed E-state index contributed by atoms with van der Waals surface area (Å²) in [6.45, 7) is 2.29. The molecule has 4 aliphatic carbocycles. The van der Waals surface area contributed by atoms with E-state index in [2.05, 4.69) is 6.92 Å². The van der Waals surface area contributed by atoms with Crippen LogP contribution in [0.5, 0.6) is 0 Å². The second kappa shape index (κ2) is 4.58. The van der Waals surface area contributed by atoms with Crippen LogP contribution < -0.4 is 0 Å². The van der Waals surface area contributed by atoms with Gasteiger partial charge in [0.1, 0.15) is 0 Å². The average Bonchev–Trinajstić information content (AvgIpc) is 2.78. The molecule has 6 atom stereocenters. The van der Waals surface area contributed by atoms with Gasteiger partial charge in [-0.25, -0.2) is 0 Å². The summed E-state index contributed by atoms with van der Waals surface area (Å²) >= 11 is 0. The number of rotatable bonds is 0. The van der Waals surface area contributed by atoms with Gasteiger partial charge >= 0.3 is 0 Å². The zero-order valence-electron chi connectivity index (χ0n) is 12.8. The fourth-order valence-corrected chi connectivity index (χ4v) is 6.24. The molecule has 4 aliphatic rings. The minimum atomic E-state index is -0.123. The summed E-state index contributed by atoms with van der Waals surface area (Å²) in [5.41, 5.74) is 1.18. The Kier molecular flexibility index (Phi) is 3.01. The Morgan fingerprint density at radius 3 is 2.67 bits per heavy atom. The number of Topliss-reactive ketones (excluding diaryl/α,β-unsaturated/α-hetero) is 1. The molecule has 116 valence electrons. The topological polar surface area (TPSA) is 57.5 Å². The molecular formula is C18H26O3. The lowest BCUT2D eigenvalue weighted by atomic mass is 9.52. The maximum atomic E-state index is 11.7. The van der Waals surface area contributed by atoms with E-state index < -0.39 is 0 Å². The SMILES string of the molecule is CC12CCC3C4CCC(=O)C(O)=C4CCC3C1CCC2O. The van der Waals surface area contributed by atoms with Gasteiger partial charge in [-0.05, 0) is 79.6 Å². The van der Waals surface area contributed by atoms with Crippen molar-refractivity contribution in [3.63, 3.8) is 0 Å². The predicted octanol–water partition coefficient (Wildman–Crippen LogP) is 3.37. The molecule has 0 radical (unpaired) electrons. The van der Waals surface area contributed by atoms with E-state index in [1.54, 1.807) is 0 Å². The molecule has 0 amide bonds. The van der Waals surface area contributed by atoms with E-state index in [1.165, 1.54) is 0 Å². The third-order valence-electron chi connectivity index (χ3n) is 7.40. The van der Waals surface area contributed by atoms with Gasteiger partial charge in [0.25, 0.3) is 0 Å². The number of hydrogen-bond acceptors (Lipinski definition) is 3. The largest absolute Gasteiger partial charge is 0.504 e. The molecule has 0 saturated heterocycles. The number of aliphatic hydroxyl groups is 2. The van der Waals surface area contributed by atoms with Gasteiger partial charge in [-0.3, -0.25) is 4.79 Å². The monoisotopic (exact) mass is 290 g/mol. The highest BCUT2D eigenvalue weighted by Crippen LogP contribution is 2.61. The molecule has 4 rings (SSSR count). The van der Waals surface area contributed by atoms with Crippen molar-refractivity contribution < 1.29 is 15.0 Å². The molecule has 0 heterocycles. The summed E-state index contributed by atoms with van der Waals surface area (Å²) in [6.07, 6.45) is 7.72. The van der Waals surface area contributed by atoms with E-state index in [-0.39, 0.29) is 23.1 Å². The van der Waals surface area contributed by atoms with Gasteiger partial charge in [0.05, 0.1) is 6.10 Å². The molecule has 0 aliphatic heterocycles. The smallest absolute Gasteiger partial charge is 0.197 e. The standard InChI is InChI=1S/C18H26O3/c1-18-9-8-11-10-4-6-15(19)17(21)13(10)3-2-12(11)14(18)5-7-16(18)20/h10-12,14,16,20-21H,2-9H2,1H3. The fraction of sp³-hybridized carbons (Fsp3) is 0.833. The molecule has 0 aromatic rings. The fourth-order valence-electron chi connectivity index (χ4n) is 6.24. The van der Waals surface area contributed by atoms with E-state index in [0.29, 0.717) is 30.1 Å². The van der Waals surface area contributed by atoms with Gasteiger partial charge < -0.3 is 10.2 Å². The van der Waals surface area contributed by atoms with Crippen LogP contribution in [0.3, 0.4) is 0 Å². The summed E-state index contributed by atoms with van der Waals surface area (Å²) in [5.74, 6) is 2.46. The second-order valence-electron chi connectivity index (χ2n) is 8.05. The number of allylic oxidation sites excluding steroid dienone is 1. The summed E-state index contributed by atoms with van der Waals surface area (Å²) in [6, 6.07) is 0. The Balaban J connectivity index is 1.66. The lowest BCUT2D eigenvalue weighted by molar-refractivity contribution is -0.120. The van der Waals surface area contributed by atoms with Crippen LogP contribution in [0.25, 0.3) is 0 Å². The molecule has 21 heavy (non-hydrogen) atoms. The number of fused-ring (bicyclic) bond motifs is 5. The Morgan fingerprint density at radius 1 is 1.05 bits per heavy atom. The van der Waals surface area contributed by atoms with Crippen LogP contribution >= 0.6 is 0 Å². The molecule has 3 fully saturated rings. The zero-order chi connectivity index (χ0) is 14.8. The molecule has 0 spiro atoms. The first-order chi connectivity index (χ1) is 10.0. The van der Waals surface area contributed by atoms with E-state index in [0.717, 1.165) is 50.5 Å². The van der Waals surface area contributed by atoms with Crippen LogP contribution in [0.2, 0.25) is 0 Å². The molecule has 0 aromatic carbocycles. The van der Waals surface area contributed by atoms with Crippen molar-refractivity contribution >= 4 is 5.78 Å². The van der Waals surface area contributed by atoms with Crippen molar-refractivity contribution in [1.82, 2.24) is 0 Å². The normalized spacial score (nSPS) is 49.6. The van der Waals surface area contributed by atoms with Crippen LogP contribution in [-0.4, -0.2) is 22.1 Å². The lowest BCUT2D eigenvalue weighted by Gasteiger charge is -2.53. The highest BCUT2D eigenvalue weighted by atomic mass is 16.3. The highest BCUT2D eigenvalue weighted by Gasteiger charge is 2.56. The third-order valence-corrected chi connectivity index (χ3v) is 7.40. The second-order valence-corrected chi connectivity index (χ2v) is 8.05. The average molecular weight is 290 g/mol. The number of carbonyl (C=O) groups is 1. The number of hydrogen-bond donors (Lipinski definition) is 2. The first kappa shape index (κ1) is 13.8. The summed E-state index contributed by atoms with van der Waals surface area (Å²) in [4.78, 5) is 11.7. The molecule has 0 bridgehead atoms. The van der Waals surface area contributed by atoms with Crippen molar-refractivity contribution in [3.8, 4) is 0 Å². The van der Waals surface area contributed by atoms with Gasteiger partial charge in [-0.15, -0.1) is 0 Å². The molecule has 3 heteroatoms. The Hall–Kier alpha value is -0.830. The predicted molar refractivity (Wildman–Crippen MR) is 79.7 cm³/mol. The molecule has 0 aromatic heterocycles. The quantitative estimate of drug-likeness (QED) is 0.719. The minimum Gasteiger partial charge on any atom is -0.504 e. The van der Waals surface area contributed by atoms with Crippen LogP contribution in [0, 0.1) is 29.1 Å². The molecule has 3 saturated carbocycles. The molecule has 3 nitrogen and oxygen atoms in total. The van der Waals surface area contributed by atoms with Gasteiger partial charge in [0.15, 0.2) is 11.5 Å². The summed E-state index contributed by atoms with van der Waals surface area (Å²) < 4.78 is 0. The van der Waals surface area contributed by atoms with Crippen molar-refractivity contribution in [3.05, 3.63) is 11.3 Å². The van der Waals surface area contributed by atoms with Crippen molar-refractivity contribution in [1.29, 1.82) is 0 Å². The third kappa shape index (κ3) is 1.79. The molecule has 6 unspecified atom stereocenters.